The molecule has 15 heavy (non-hydrogen) atoms. The zero-order valence-electron chi connectivity index (χ0n) is 8.25. The number of aromatic nitrogens is 3. The fraction of sp³-hybridized carbons (Fsp3) is 0.333. The number of halogens is 1. The molecule has 0 spiro atoms. The van der Waals surface area contributed by atoms with Gasteiger partial charge in [-0.2, -0.15) is 5.10 Å². The summed E-state index contributed by atoms with van der Waals surface area (Å²) in [6.45, 7) is 3.44. The number of aryl methyl sites for hydroxylation is 1. The summed E-state index contributed by atoms with van der Waals surface area (Å²) >= 11 is 5.17. The SMILES string of the molecule is Cc1nc(CNCc2ccc(Br)s2)n[nH]1. The standard InChI is InChI=1S/C9H11BrN4S/c1-6-12-9(14-13-6)5-11-4-7-2-3-8(10)15-7/h2-3,11H,4-5H2,1H3,(H,12,13,14). The molecule has 2 aromatic rings. The second-order valence-electron chi connectivity index (χ2n) is 3.15. The van der Waals surface area contributed by atoms with Gasteiger partial charge < -0.3 is 5.32 Å². The monoisotopic (exact) mass is 286 g/mol. The molecule has 0 aliphatic heterocycles. The molecule has 0 fully saturated rings. The van der Waals surface area contributed by atoms with Crippen LogP contribution in [0.1, 0.15) is 16.5 Å². The maximum atomic E-state index is 4.21. The summed E-state index contributed by atoms with van der Waals surface area (Å²) in [5.41, 5.74) is 0. The van der Waals surface area contributed by atoms with E-state index in [1.807, 2.05) is 6.92 Å². The molecule has 0 atom stereocenters. The molecule has 0 amide bonds. The van der Waals surface area contributed by atoms with Crippen molar-refractivity contribution in [2.45, 2.75) is 20.0 Å². The van der Waals surface area contributed by atoms with Gasteiger partial charge in [0, 0.05) is 11.4 Å². The van der Waals surface area contributed by atoms with Crippen LogP contribution in [0.3, 0.4) is 0 Å². The third kappa shape index (κ3) is 3.12. The first-order valence-corrected chi connectivity index (χ1v) is 6.18. The van der Waals surface area contributed by atoms with Gasteiger partial charge in [0.15, 0.2) is 5.82 Å². The van der Waals surface area contributed by atoms with E-state index in [1.54, 1.807) is 11.3 Å². The minimum atomic E-state index is 0.694. The number of nitrogens with one attached hydrogen (secondary N) is 2. The van der Waals surface area contributed by atoms with Crippen molar-refractivity contribution in [3.05, 3.63) is 32.4 Å². The number of H-pyrrole nitrogens is 1. The molecule has 0 aromatic carbocycles. The highest BCUT2D eigenvalue weighted by Gasteiger charge is 2.00. The summed E-state index contributed by atoms with van der Waals surface area (Å²) in [5.74, 6) is 1.66. The summed E-state index contributed by atoms with van der Waals surface area (Å²) in [6.07, 6.45) is 0. The minimum Gasteiger partial charge on any atom is -0.305 e. The normalized spacial score (nSPS) is 10.8. The quantitative estimate of drug-likeness (QED) is 0.906. The lowest BCUT2D eigenvalue weighted by atomic mass is 10.4. The van der Waals surface area contributed by atoms with Crippen molar-refractivity contribution >= 4 is 27.3 Å². The third-order valence-electron chi connectivity index (χ3n) is 1.85. The highest BCUT2D eigenvalue weighted by molar-refractivity contribution is 9.11. The van der Waals surface area contributed by atoms with Gasteiger partial charge in [-0.15, -0.1) is 11.3 Å². The molecule has 6 heteroatoms. The number of thiophene rings is 1. The van der Waals surface area contributed by atoms with Crippen LogP contribution in [0.15, 0.2) is 15.9 Å². The lowest BCUT2D eigenvalue weighted by Crippen LogP contribution is -2.12. The largest absolute Gasteiger partial charge is 0.305 e. The summed E-state index contributed by atoms with van der Waals surface area (Å²) in [6, 6.07) is 4.16. The van der Waals surface area contributed by atoms with Crippen LogP contribution in [0.25, 0.3) is 0 Å². The molecule has 0 bridgehead atoms. The summed E-state index contributed by atoms with van der Waals surface area (Å²) in [5, 5.41) is 10.2. The lowest BCUT2D eigenvalue weighted by Gasteiger charge is -1.98. The topological polar surface area (TPSA) is 53.6 Å². The molecule has 4 nitrogen and oxygen atoms in total. The molecule has 0 unspecified atom stereocenters. The Morgan fingerprint density at radius 2 is 2.33 bits per heavy atom. The van der Waals surface area contributed by atoms with E-state index in [1.165, 1.54) is 4.88 Å². The summed E-state index contributed by atoms with van der Waals surface area (Å²) < 4.78 is 1.16. The molecule has 0 saturated heterocycles. The number of rotatable bonds is 4. The van der Waals surface area contributed by atoms with E-state index in [4.69, 9.17) is 0 Å². The predicted molar refractivity (Wildman–Crippen MR) is 63.7 cm³/mol. The fourth-order valence-corrected chi connectivity index (χ4v) is 2.67. The second kappa shape index (κ2) is 4.87. The maximum Gasteiger partial charge on any atom is 0.164 e. The third-order valence-corrected chi connectivity index (χ3v) is 3.48. The van der Waals surface area contributed by atoms with Crippen molar-refractivity contribution in [3.8, 4) is 0 Å². The van der Waals surface area contributed by atoms with Gasteiger partial charge in [0.2, 0.25) is 0 Å². The summed E-state index contributed by atoms with van der Waals surface area (Å²) in [4.78, 5) is 5.51. The van der Waals surface area contributed by atoms with Gasteiger partial charge in [0.1, 0.15) is 5.82 Å². The van der Waals surface area contributed by atoms with E-state index in [2.05, 4.69) is 48.6 Å². The number of hydrogen-bond donors (Lipinski definition) is 2. The van der Waals surface area contributed by atoms with Crippen LogP contribution in [-0.2, 0) is 13.1 Å². The van der Waals surface area contributed by atoms with Gasteiger partial charge >= 0.3 is 0 Å². The van der Waals surface area contributed by atoms with E-state index in [9.17, 15) is 0 Å². The first-order chi connectivity index (χ1) is 7.24. The Kier molecular flexibility index (Phi) is 3.50. The molecule has 2 rings (SSSR count). The highest BCUT2D eigenvalue weighted by Crippen LogP contribution is 2.21. The number of hydrogen-bond acceptors (Lipinski definition) is 4. The molecular formula is C9H11BrN4S. The Morgan fingerprint density at radius 1 is 1.47 bits per heavy atom. The molecular weight excluding hydrogens is 276 g/mol. The predicted octanol–water partition coefficient (Wildman–Crippen LogP) is 2.23. The molecule has 0 saturated carbocycles. The molecule has 2 N–H and O–H groups in total. The smallest absolute Gasteiger partial charge is 0.164 e. The van der Waals surface area contributed by atoms with Crippen molar-refractivity contribution in [1.29, 1.82) is 0 Å². The van der Waals surface area contributed by atoms with Gasteiger partial charge in [0.25, 0.3) is 0 Å². The molecule has 0 aliphatic carbocycles. The Morgan fingerprint density at radius 3 is 2.93 bits per heavy atom. The van der Waals surface area contributed by atoms with Crippen LogP contribution < -0.4 is 5.32 Å². The van der Waals surface area contributed by atoms with Gasteiger partial charge in [-0.1, -0.05) is 0 Å². The summed E-state index contributed by atoms with van der Waals surface area (Å²) in [7, 11) is 0. The fourth-order valence-electron chi connectivity index (χ4n) is 1.21. The molecule has 0 aliphatic rings. The van der Waals surface area contributed by atoms with Crippen molar-refractivity contribution in [2.75, 3.05) is 0 Å². The molecule has 2 heterocycles. The average Bonchev–Trinajstić information content (AvgIpc) is 2.76. The van der Waals surface area contributed by atoms with Crippen molar-refractivity contribution in [1.82, 2.24) is 20.5 Å². The minimum absolute atomic E-state index is 0.694. The second-order valence-corrected chi connectivity index (χ2v) is 5.69. The first-order valence-electron chi connectivity index (χ1n) is 4.57. The number of aromatic amines is 1. The van der Waals surface area contributed by atoms with E-state index >= 15 is 0 Å². The first kappa shape index (κ1) is 10.8. The zero-order chi connectivity index (χ0) is 10.7. The molecule has 0 radical (unpaired) electrons. The van der Waals surface area contributed by atoms with Gasteiger partial charge in [-0.3, -0.25) is 5.10 Å². The van der Waals surface area contributed by atoms with Gasteiger partial charge in [-0.25, -0.2) is 4.98 Å². The van der Waals surface area contributed by atoms with E-state index in [0.29, 0.717) is 6.54 Å². The Hall–Kier alpha value is -0.720. The Bertz CT molecular complexity index is 397. The Labute approximate surface area is 100 Å². The van der Waals surface area contributed by atoms with E-state index in [0.717, 1.165) is 22.0 Å². The van der Waals surface area contributed by atoms with E-state index in [-0.39, 0.29) is 0 Å². The van der Waals surface area contributed by atoms with Crippen LogP contribution >= 0.6 is 27.3 Å². The highest BCUT2D eigenvalue weighted by atomic mass is 79.9. The van der Waals surface area contributed by atoms with Crippen LogP contribution in [0.2, 0.25) is 0 Å². The molecule has 80 valence electrons. The van der Waals surface area contributed by atoms with Gasteiger partial charge in [0.05, 0.1) is 10.3 Å². The average molecular weight is 287 g/mol. The van der Waals surface area contributed by atoms with E-state index < -0.39 is 0 Å². The van der Waals surface area contributed by atoms with Crippen LogP contribution in [0, 0.1) is 6.92 Å². The number of nitrogens with zero attached hydrogens (tertiary/aromatic N) is 2. The van der Waals surface area contributed by atoms with Crippen molar-refractivity contribution in [2.24, 2.45) is 0 Å². The van der Waals surface area contributed by atoms with Crippen LogP contribution in [0.5, 0.6) is 0 Å². The maximum absolute atomic E-state index is 4.21. The molecule has 2 aromatic heterocycles. The van der Waals surface area contributed by atoms with Gasteiger partial charge in [-0.05, 0) is 35.0 Å². The van der Waals surface area contributed by atoms with Crippen molar-refractivity contribution < 1.29 is 0 Å². The Balaban J connectivity index is 1.80. The van der Waals surface area contributed by atoms with Crippen LogP contribution in [0.4, 0.5) is 0 Å². The lowest BCUT2D eigenvalue weighted by molar-refractivity contribution is 0.671. The van der Waals surface area contributed by atoms with Crippen molar-refractivity contribution in [3.63, 3.8) is 0 Å². The zero-order valence-corrected chi connectivity index (χ0v) is 10.7. The van der Waals surface area contributed by atoms with Crippen LogP contribution in [-0.4, -0.2) is 15.2 Å².